The molecule has 0 amide bonds. The van der Waals surface area contributed by atoms with E-state index in [1.165, 1.54) is 21.9 Å². The van der Waals surface area contributed by atoms with Crippen molar-refractivity contribution in [1.29, 1.82) is 0 Å². The minimum Gasteiger partial charge on any atom is -0.524 e. The van der Waals surface area contributed by atoms with Crippen molar-refractivity contribution in [3.63, 3.8) is 0 Å². The zero-order valence-electron chi connectivity index (χ0n) is 17.1. The lowest BCUT2D eigenvalue weighted by Crippen LogP contribution is -2.21. The van der Waals surface area contributed by atoms with Gasteiger partial charge in [0.05, 0.1) is 6.67 Å². The summed E-state index contributed by atoms with van der Waals surface area (Å²) < 4.78 is 7.80. The maximum atomic E-state index is 4.05. The van der Waals surface area contributed by atoms with Gasteiger partial charge in [-0.2, -0.15) is 0 Å². The van der Waals surface area contributed by atoms with E-state index in [0.29, 0.717) is 0 Å². The normalized spacial score (nSPS) is 16.4. The molecule has 6 nitrogen and oxygen atoms in total. The molecule has 3 heterocycles. The molecular formula is C23H30N4O2+2. The van der Waals surface area contributed by atoms with Gasteiger partial charge >= 0.3 is 12.1 Å². The number of hydrogen-bond acceptors (Lipinski definition) is 4. The summed E-state index contributed by atoms with van der Waals surface area (Å²) in [7, 11) is 4.09. The van der Waals surface area contributed by atoms with Crippen LogP contribution in [0.3, 0.4) is 0 Å². The Morgan fingerprint density at radius 1 is 1.07 bits per heavy atom. The van der Waals surface area contributed by atoms with Crippen molar-refractivity contribution in [3.8, 4) is 0 Å². The molecule has 0 saturated carbocycles. The topological polar surface area (TPSA) is 47.4 Å². The van der Waals surface area contributed by atoms with Crippen LogP contribution in [-0.4, -0.2) is 58.2 Å². The second-order valence-corrected chi connectivity index (χ2v) is 7.55. The van der Waals surface area contributed by atoms with Crippen LogP contribution in [0.1, 0.15) is 11.1 Å². The van der Waals surface area contributed by atoms with Crippen LogP contribution in [0.25, 0.3) is 10.8 Å². The van der Waals surface area contributed by atoms with E-state index in [9.17, 15) is 0 Å². The molecule has 0 spiro atoms. The van der Waals surface area contributed by atoms with Gasteiger partial charge in [0.15, 0.2) is 0 Å². The Labute approximate surface area is 172 Å². The lowest BCUT2D eigenvalue weighted by Gasteiger charge is -2.18. The van der Waals surface area contributed by atoms with E-state index in [-0.39, 0.29) is 0 Å². The fourth-order valence-electron chi connectivity index (χ4n) is 3.11. The van der Waals surface area contributed by atoms with E-state index >= 15 is 0 Å². The molecule has 29 heavy (non-hydrogen) atoms. The number of hydrogen-bond donors (Lipinski definition) is 1. The molecule has 0 bridgehead atoms. The molecule has 1 saturated heterocycles. The predicted molar refractivity (Wildman–Crippen MR) is 118 cm³/mol. The van der Waals surface area contributed by atoms with Crippen LogP contribution < -0.4 is 5.32 Å². The highest BCUT2D eigenvalue weighted by Gasteiger charge is 2.22. The van der Waals surface area contributed by atoms with E-state index in [4.69, 9.17) is 0 Å². The largest absolute Gasteiger partial charge is 0.524 e. The molecule has 1 fully saturated rings. The van der Waals surface area contributed by atoms with Gasteiger partial charge in [0.1, 0.15) is 0 Å². The predicted octanol–water partition coefficient (Wildman–Crippen LogP) is 2.94. The third-order valence-corrected chi connectivity index (χ3v) is 4.84. The lowest BCUT2D eigenvalue weighted by molar-refractivity contribution is 0.218. The molecule has 0 aliphatic carbocycles. The maximum absolute atomic E-state index is 4.05. The van der Waals surface area contributed by atoms with Gasteiger partial charge in [-0.3, -0.25) is 4.90 Å². The summed E-state index contributed by atoms with van der Waals surface area (Å²) in [6, 6.07) is 13.4. The zero-order valence-corrected chi connectivity index (χ0v) is 17.1. The van der Waals surface area contributed by atoms with Crippen LogP contribution in [0.15, 0.2) is 73.3 Å². The molecule has 6 heteroatoms. The molecule has 3 aliphatic heterocycles. The van der Waals surface area contributed by atoms with Crippen LogP contribution >= 0.6 is 0 Å². The van der Waals surface area contributed by atoms with E-state index in [1.54, 1.807) is 0 Å². The van der Waals surface area contributed by atoms with Gasteiger partial charge in [-0.05, 0) is 34.0 Å². The van der Waals surface area contributed by atoms with Crippen molar-refractivity contribution in [2.24, 2.45) is 0 Å². The first-order valence-corrected chi connectivity index (χ1v) is 9.99. The number of benzene rings is 2. The highest BCUT2D eigenvalue weighted by Crippen LogP contribution is 2.20. The van der Waals surface area contributed by atoms with E-state index in [0.717, 1.165) is 38.9 Å². The van der Waals surface area contributed by atoms with Crippen molar-refractivity contribution in [3.05, 3.63) is 84.5 Å². The van der Waals surface area contributed by atoms with Gasteiger partial charge < -0.3 is 24.6 Å². The molecule has 3 N–H and O–H groups in total. The Morgan fingerprint density at radius 2 is 1.76 bits per heavy atom. The van der Waals surface area contributed by atoms with Gasteiger partial charge in [-0.25, -0.2) is 0 Å². The van der Waals surface area contributed by atoms with Crippen LogP contribution in [0.2, 0.25) is 0 Å². The average Bonchev–Trinajstić information content (AvgIpc) is 3.63. The van der Waals surface area contributed by atoms with Crippen molar-refractivity contribution in [2.45, 2.75) is 13.1 Å². The number of rotatable bonds is 7. The zero-order chi connectivity index (χ0) is 20.1. The Hall–Kier alpha value is -3.12. The van der Waals surface area contributed by atoms with Gasteiger partial charge in [0, 0.05) is 52.0 Å². The van der Waals surface area contributed by atoms with Crippen LogP contribution in [0.4, 0.5) is 0 Å². The van der Waals surface area contributed by atoms with E-state index in [1.807, 2.05) is 30.6 Å². The minimum atomic E-state index is 0.809. The summed E-state index contributed by atoms with van der Waals surface area (Å²) in [5.41, 5.74) is 2.62. The van der Waals surface area contributed by atoms with E-state index in [2.05, 4.69) is 80.4 Å². The van der Waals surface area contributed by atoms with Crippen molar-refractivity contribution >= 4 is 10.8 Å². The number of aliphatic hydroxyl groups is 4. The molecule has 3 aliphatic rings. The van der Waals surface area contributed by atoms with Gasteiger partial charge in [0.25, 0.3) is 0 Å². The van der Waals surface area contributed by atoms with E-state index < -0.39 is 0 Å². The monoisotopic (exact) mass is 394 g/mol. The first-order valence-electron chi connectivity index (χ1n) is 9.99. The Morgan fingerprint density at radius 3 is 2.38 bits per heavy atom. The van der Waals surface area contributed by atoms with Crippen molar-refractivity contribution in [1.82, 2.24) is 20.0 Å². The smallest absolute Gasteiger partial charge is 0.434 e. The van der Waals surface area contributed by atoms with Crippen LogP contribution in [0, 0.1) is 0 Å². The lowest BCUT2D eigenvalue weighted by atomic mass is 10.0. The van der Waals surface area contributed by atoms with Crippen LogP contribution in [-0.2, 0) is 13.1 Å². The summed E-state index contributed by atoms with van der Waals surface area (Å²) in [5, 5.41) is 5.91. The van der Waals surface area contributed by atoms with Crippen molar-refractivity contribution < 1.29 is 9.47 Å². The highest BCUT2D eigenvalue weighted by atomic mass is 16.6. The second kappa shape index (κ2) is 8.92. The second-order valence-electron chi connectivity index (χ2n) is 7.55. The number of epoxide rings is 1. The molecule has 0 atom stereocenters. The fourth-order valence-corrected chi connectivity index (χ4v) is 3.11. The Kier molecular flexibility index (Phi) is 5.91. The van der Waals surface area contributed by atoms with Gasteiger partial charge in [-0.15, -0.1) is 0 Å². The number of ether oxygens (including phenoxy) is 2. The standard InChI is InChI=1S/C21H24N4O.C2H4O/c1-23-9-10-25(16-23)14-18-4-6-19-11-17(3-5-20(19)12-18)13-22-7-8-24(2)21-15-26-21;1-2-3-1/h3-12,15,22H,13-14,16H2,1-2H3;1-2H2/p+2/b8-7-;. The fraction of sp³-hybridized carbons (Fsp3) is 0.304. The molecule has 5 rings (SSSR count). The SMILES string of the molecule is C1C[OH+]1.CN1C=CN(Cc2ccc3cc(CN/C=C\N(C)C4=C[OH+]4)ccc3c2)C1. The molecule has 152 valence electrons. The Balaban J connectivity index is 0.000000626. The number of fused-ring (bicyclic) bond motifs is 1. The average molecular weight is 395 g/mol. The molecule has 0 aromatic heterocycles. The summed E-state index contributed by atoms with van der Waals surface area (Å²) in [4.78, 5) is 6.49. The highest BCUT2D eigenvalue weighted by molar-refractivity contribution is 5.83. The molecule has 2 aromatic rings. The first kappa shape index (κ1) is 19.2. The van der Waals surface area contributed by atoms with Crippen molar-refractivity contribution in [2.75, 3.05) is 34.0 Å². The first-order chi connectivity index (χ1) is 14.2. The molecule has 0 radical (unpaired) electrons. The maximum Gasteiger partial charge on any atom is 0.434 e. The van der Waals surface area contributed by atoms with Crippen LogP contribution in [0.5, 0.6) is 0 Å². The third kappa shape index (κ3) is 5.93. The minimum absolute atomic E-state index is 0.809. The molecule has 2 aromatic carbocycles. The number of nitrogens with zero attached hydrogens (tertiary/aromatic N) is 3. The summed E-state index contributed by atoms with van der Waals surface area (Å²) in [6.07, 6.45) is 10.1. The van der Waals surface area contributed by atoms with Gasteiger partial charge in [0.2, 0.25) is 13.2 Å². The molecular weight excluding hydrogens is 364 g/mol. The quantitative estimate of drug-likeness (QED) is 0.579. The number of nitrogens with one attached hydrogen (secondary N) is 1. The summed E-state index contributed by atoms with van der Waals surface area (Å²) in [6.45, 7) is 4.96. The third-order valence-electron chi connectivity index (χ3n) is 4.84. The Bertz CT molecular complexity index is 933. The summed E-state index contributed by atoms with van der Waals surface area (Å²) in [5.74, 6) is 1.01. The van der Waals surface area contributed by atoms with Gasteiger partial charge in [-0.1, -0.05) is 24.3 Å². The summed E-state index contributed by atoms with van der Waals surface area (Å²) >= 11 is 0. The molecule has 0 unspecified atom stereocenters.